The van der Waals surface area contributed by atoms with Crippen molar-refractivity contribution in [2.75, 3.05) is 26.0 Å². The van der Waals surface area contributed by atoms with E-state index in [4.69, 9.17) is 4.74 Å². The molecular formula is C23H29F3N2O5S. The molecule has 0 fully saturated rings. The average Bonchev–Trinajstić information content (AvgIpc) is 2.75. The van der Waals surface area contributed by atoms with Gasteiger partial charge in [-0.3, -0.25) is 0 Å². The Balaban J connectivity index is 2.23. The predicted octanol–water partition coefficient (Wildman–Crippen LogP) is 5.74. The summed E-state index contributed by atoms with van der Waals surface area (Å²) in [4.78, 5) is 11.5. The molecule has 0 atom stereocenters. The van der Waals surface area contributed by atoms with Crippen molar-refractivity contribution >= 4 is 21.7 Å². The van der Waals surface area contributed by atoms with Gasteiger partial charge in [0.2, 0.25) is 10.0 Å². The predicted molar refractivity (Wildman–Crippen MR) is 123 cm³/mol. The molecule has 0 aromatic heterocycles. The molecule has 7 nitrogen and oxygen atoms in total. The first-order chi connectivity index (χ1) is 15.9. The Hall–Kier alpha value is -2.79. The van der Waals surface area contributed by atoms with E-state index < -0.39 is 28.6 Å². The molecule has 2 rings (SSSR count). The Bertz CT molecular complexity index is 1060. The SMILES string of the molecule is CN(C)S(=O)(=O)c1c(NCCCCCCCC(F)(F)F)ccc(C(=O)O)c1Oc1ccccc1. The van der Waals surface area contributed by atoms with Crippen molar-refractivity contribution in [2.24, 2.45) is 0 Å². The van der Waals surface area contributed by atoms with Gasteiger partial charge in [-0.2, -0.15) is 13.2 Å². The molecule has 0 aliphatic heterocycles. The molecule has 2 aromatic carbocycles. The van der Waals surface area contributed by atoms with Crippen molar-refractivity contribution in [1.82, 2.24) is 4.31 Å². The van der Waals surface area contributed by atoms with Gasteiger partial charge in [0, 0.05) is 27.1 Å². The van der Waals surface area contributed by atoms with Gasteiger partial charge in [0.05, 0.1) is 5.69 Å². The molecule has 0 spiro atoms. The Kier molecular flexibility index (Phi) is 9.75. The van der Waals surface area contributed by atoms with Gasteiger partial charge in [-0.05, 0) is 37.1 Å². The Morgan fingerprint density at radius 1 is 1.00 bits per heavy atom. The summed E-state index contributed by atoms with van der Waals surface area (Å²) >= 11 is 0. The normalized spacial score (nSPS) is 12.1. The van der Waals surface area contributed by atoms with Crippen LogP contribution in [0.5, 0.6) is 11.5 Å². The number of nitrogens with zero attached hydrogens (tertiary/aromatic N) is 1. The molecule has 0 radical (unpaired) electrons. The number of sulfonamides is 1. The number of benzene rings is 2. The smallest absolute Gasteiger partial charge is 0.389 e. The van der Waals surface area contributed by atoms with E-state index in [-0.39, 0.29) is 34.1 Å². The monoisotopic (exact) mass is 502 g/mol. The molecule has 188 valence electrons. The number of carboxylic acid groups (broad SMARTS) is 1. The first-order valence-corrected chi connectivity index (χ1v) is 12.2. The number of para-hydroxylation sites is 1. The van der Waals surface area contributed by atoms with E-state index in [1.807, 2.05) is 0 Å². The summed E-state index contributed by atoms with van der Waals surface area (Å²) in [6, 6.07) is 10.9. The molecule has 0 aliphatic carbocycles. The molecule has 11 heteroatoms. The van der Waals surface area contributed by atoms with Crippen molar-refractivity contribution in [3.8, 4) is 11.5 Å². The second-order valence-corrected chi connectivity index (χ2v) is 9.98. The molecule has 0 unspecified atom stereocenters. The number of nitrogens with one attached hydrogen (secondary N) is 1. The minimum Gasteiger partial charge on any atom is -0.478 e. The van der Waals surface area contributed by atoms with Crippen molar-refractivity contribution in [3.05, 3.63) is 48.0 Å². The second-order valence-electron chi connectivity index (χ2n) is 7.89. The third-order valence-corrected chi connectivity index (χ3v) is 6.88. The minimum absolute atomic E-state index is 0.0823. The number of carboxylic acids is 1. The van der Waals surface area contributed by atoms with Crippen LogP contribution in [0.4, 0.5) is 18.9 Å². The van der Waals surface area contributed by atoms with Gasteiger partial charge in [-0.25, -0.2) is 17.5 Å². The summed E-state index contributed by atoms with van der Waals surface area (Å²) < 4.78 is 69.6. The first kappa shape index (κ1) is 27.5. The first-order valence-electron chi connectivity index (χ1n) is 10.8. The van der Waals surface area contributed by atoms with Crippen molar-refractivity contribution in [1.29, 1.82) is 0 Å². The Labute approximate surface area is 197 Å². The van der Waals surface area contributed by atoms with Crippen molar-refractivity contribution in [3.63, 3.8) is 0 Å². The van der Waals surface area contributed by atoms with Crippen LogP contribution < -0.4 is 10.1 Å². The van der Waals surface area contributed by atoms with Crippen LogP contribution in [0.15, 0.2) is 47.4 Å². The number of halogens is 3. The van der Waals surface area contributed by atoms with Crippen LogP contribution in [-0.2, 0) is 10.0 Å². The Morgan fingerprint density at radius 2 is 1.62 bits per heavy atom. The van der Waals surface area contributed by atoms with E-state index in [1.54, 1.807) is 30.3 Å². The summed E-state index contributed by atoms with van der Waals surface area (Å²) in [7, 11) is -1.44. The highest BCUT2D eigenvalue weighted by molar-refractivity contribution is 7.89. The average molecular weight is 503 g/mol. The zero-order chi connectivity index (χ0) is 25.4. The maximum absolute atomic E-state index is 13.1. The van der Waals surface area contributed by atoms with Gasteiger partial charge in [0.25, 0.3) is 0 Å². The maximum atomic E-state index is 13.1. The quantitative estimate of drug-likeness (QED) is 0.339. The van der Waals surface area contributed by atoms with Crippen LogP contribution in [0.1, 0.15) is 48.9 Å². The van der Waals surface area contributed by atoms with Gasteiger partial charge >= 0.3 is 12.1 Å². The van der Waals surface area contributed by atoms with E-state index in [0.29, 0.717) is 32.2 Å². The lowest BCUT2D eigenvalue weighted by Gasteiger charge is -2.21. The zero-order valence-electron chi connectivity index (χ0n) is 19.1. The number of unbranched alkanes of at least 4 members (excludes halogenated alkanes) is 4. The number of anilines is 1. The summed E-state index contributed by atoms with van der Waals surface area (Å²) in [5, 5.41) is 12.7. The molecule has 2 N–H and O–H groups in total. The fourth-order valence-electron chi connectivity index (χ4n) is 3.22. The topological polar surface area (TPSA) is 95.9 Å². The molecule has 0 saturated carbocycles. The molecule has 0 heterocycles. The number of alkyl halides is 3. The third kappa shape index (κ3) is 7.91. The van der Waals surface area contributed by atoms with Gasteiger partial charge in [-0.1, -0.05) is 37.5 Å². The lowest BCUT2D eigenvalue weighted by Crippen LogP contribution is -2.25. The largest absolute Gasteiger partial charge is 0.478 e. The molecule has 34 heavy (non-hydrogen) atoms. The molecule has 2 aromatic rings. The van der Waals surface area contributed by atoms with Crippen LogP contribution in [0.2, 0.25) is 0 Å². The molecule has 0 saturated heterocycles. The summed E-state index contributed by atoms with van der Waals surface area (Å²) in [5.74, 6) is -1.37. The number of rotatable bonds is 13. The maximum Gasteiger partial charge on any atom is 0.389 e. The van der Waals surface area contributed by atoms with Gasteiger partial charge in [0.15, 0.2) is 5.75 Å². The van der Waals surface area contributed by atoms with Crippen LogP contribution >= 0.6 is 0 Å². The number of hydrogen-bond donors (Lipinski definition) is 2. The third-order valence-electron chi connectivity index (χ3n) is 5.00. The summed E-state index contributed by atoms with van der Waals surface area (Å²) in [6.07, 6.45) is -2.50. The van der Waals surface area contributed by atoms with Gasteiger partial charge < -0.3 is 15.2 Å². The number of carbonyl (C=O) groups is 1. The van der Waals surface area contributed by atoms with E-state index in [0.717, 1.165) is 4.31 Å². The Morgan fingerprint density at radius 3 is 2.21 bits per heavy atom. The lowest BCUT2D eigenvalue weighted by molar-refractivity contribution is -0.135. The second kappa shape index (κ2) is 12.1. The lowest BCUT2D eigenvalue weighted by atomic mass is 10.1. The molecular weight excluding hydrogens is 473 g/mol. The van der Waals surface area contributed by atoms with E-state index >= 15 is 0 Å². The zero-order valence-corrected chi connectivity index (χ0v) is 19.9. The highest BCUT2D eigenvalue weighted by Crippen LogP contribution is 2.39. The molecule has 0 aliphatic rings. The van der Waals surface area contributed by atoms with Crippen LogP contribution in [0.3, 0.4) is 0 Å². The van der Waals surface area contributed by atoms with E-state index in [2.05, 4.69) is 5.32 Å². The number of hydrogen-bond acceptors (Lipinski definition) is 5. The summed E-state index contributed by atoms with van der Waals surface area (Å²) in [6.45, 7) is 0.354. The molecule has 0 bridgehead atoms. The fourth-order valence-corrected chi connectivity index (χ4v) is 4.39. The number of aromatic carboxylic acids is 1. The number of ether oxygens (including phenoxy) is 1. The highest BCUT2D eigenvalue weighted by atomic mass is 32.2. The van der Waals surface area contributed by atoms with Crippen LogP contribution in [0, 0.1) is 0 Å². The van der Waals surface area contributed by atoms with Crippen molar-refractivity contribution < 1.29 is 36.2 Å². The van der Waals surface area contributed by atoms with E-state index in [9.17, 15) is 31.5 Å². The van der Waals surface area contributed by atoms with Gasteiger partial charge in [0.1, 0.15) is 16.2 Å². The summed E-state index contributed by atoms with van der Waals surface area (Å²) in [5.41, 5.74) is -0.124. The highest BCUT2D eigenvalue weighted by Gasteiger charge is 2.31. The van der Waals surface area contributed by atoms with Crippen LogP contribution in [-0.4, -0.2) is 50.6 Å². The van der Waals surface area contributed by atoms with Crippen molar-refractivity contribution in [2.45, 2.75) is 49.6 Å². The standard InChI is InChI=1S/C23H29F3N2O5S/c1-28(2)34(31,32)21-19(27-16-10-5-3-4-9-15-23(24,25)26)14-13-18(22(29)30)20(21)33-17-11-7-6-8-12-17/h6-8,11-14,27H,3-5,9-10,15-16H2,1-2H3,(H,29,30). The fraction of sp³-hybridized carbons (Fsp3) is 0.435. The van der Waals surface area contributed by atoms with E-state index in [1.165, 1.54) is 26.2 Å². The minimum atomic E-state index is -4.14. The van der Waals surface area contributed by atoms with Gasteiger partial charge in [-0.15, -0.1) is 0 Å². The molecule has 0 amide bonds. The van der Waals surface area contributed by atoms with Crippen LogP contribution in [0.25, 0.3) is 0 Å².